The van der Waals surface area contributed by atoms with Crippen molar-refractivity contribution in [1.82, 2.24) is 9.80 Å². The van der Waals surface area contributed by atoms with Gasteiger partial charge in [0.2, 0.25) is 0 Å². The summed E-state index contributed by atoms with van der Waals surface area (Å²) < 4.78 is 22.7. The molecule has 1 amide bonds. The number of ether oxygens (including phenoxy) is 4. The van der Waals surface area contributed by atoms with Gasteiger partial charge < -0.3 is 23.8 Å². The van der Waals surface area contributed by atoms with Crippen LogP contribution < -0.4 is 4.74 Å². The zero-order valence-corrected chi connectivity index (χ0v) is 20.0. The summed E-state index contributed by atoms with van der Waals surface area (Å²) in [6, 6.07) is 7.22. The van der Waals surface area contributed by atoms with Crippen LogP contribution in [-0.4, -0.2) is 87.3 Å². The molecule has 4 unspecified atom stereocenters. The summed E-state index contributed by atoms with van der Waals surface area (Å²) in [5.41, 5.74) is 1.40. The Balaban J connectivity index is 1.42. The SMILES string of the molecule is COc1cccc(C2C3=C(OC4CC(OC)CCC4C3=O)C(=O)N2CCCN2CCOCC2)c1. The highest BCUT2D eigenvalue weighted by Gasteiger charge is 2.52. The molecule has 5 rings (SSSR count). The first-order chi connectivity index (χ1) is 16.6. The van der Waals surface area contributed by atoms with Crippen LogP contribution in [0.3, 0.4) is 0 Å². The summed E-state index contributed by atoms with van der Waals surface area (Å²) in [4.78, 5) is 31.6. The molecule has 1 aliphatic carbocycles. The highest BCUT2D eigenvalue weighted by molar-refractivity contribution is 6.11. The van der Waals surface area contributed by atoms with E-state index in [0.29, 0.717) is 24.3 Å². The number of morpholine rings is 1. The molecule has 4 atom stereocenters. The van der Waals surface area contributed by atoms with Gasteiger partial charge in [0.1, 0.15) is 11.9 Å². The lowest BCUT2D eigenvalue weighted by Crippen LogP contribution is -2.43. The molecule has 1 aromatic carbocycles. The minimum atomic E-state index is -0.448. The van der Waals surface area contributed by atoms with Crippen molar-refractivity contribution in [1.29, 1.82) is 0 Å². The average Bonchev–Trinajstić information content (AvgIpc) is 3.16. The second-order valence-corrected chi connectivity index (χ2v) is 9.53. The zero-order chi connectivity index (χ0) is 23.7. The van der Waals surface area contributed by atoms with E-state index in [4.69, 9.17) is 18.9 Å². The van der Waals surface area contributed by atoms with Gasteiger partial charge in [0.15, 0.2) is 11.5 Å². The third kappa shape index (κ3) is 4.34. The largest absolute Gasteiger partial charge is 0.497 e. The van der Waals surface area contributed by atoms with Crippen molar-refractivity contribution in [2.45, 2.75) is 43.9 Å². The predicted molar refractivity (Wildman–Crippen MR) is 124 cm³/mol. The van der Waals surface area contributed by atoms with E-state index in [-0.39, 0.29) is 35.6 Å². The number of methoxy groups -OCH3 is 2. The van der Waals surface area contributed by atoms with E-state index in [0.717, 1.165) is 57.7 Å². The summed E-state index contributed by atoms with van der Waals surface area (Å²) in [5.74, 6) is 0.588. The van der Waals surface area contributed by atoms with Gasteiger partial charge in [-0.25, -0.2) is 0 Å². The fourth-order valence-corrected chi connectivity index (χ4v) is 5.77. The average molecular weight is 471 g/mol. The maximum absolute atomic E-state index is 13.8. The minimum absolute atomic E-state index is 0.0534. The number of carbonyl (C=O) groups excluding carboxylic acids is 2. The number of rotatable bonds is 7. The number of amides is 1. The molecule has 184 valence electrons. The molecule has 4 aliphatic rings. The number of hydrogen-bond donors (Lipinski definition) is 0. The van der Waals surface area contributed by atoms with Crippen LogP contribution in [0.25, 0.3) is 0 Å². The lowest BCUT2D eigenvalue weighted by molar-refractivity contribution is -0.138. The van der Waals surface area contributed by atoms with Crippen molar-refractivity contribution in [3.8, 4) is 5.75 Å². The summed E-state index contributed by atoms with van der Waals surface area (Å²) in [7, 11) is 3.31. The molecule has 0 N–H and O–H groups in total. The van der Waals surface area contributed by atoms with Gasteiger partial charge in [-0.05, 0) is 37.0 Å². The zero-order valence-electron chi connectivity index (χ0n) is 20.0. The van der Waals surface area contributed by atoms with Crippen molar-refractivity contribution < 1.29 is 28.5 Å². The topological polar surface area (TPSA) is 77.5 Å². The normalized spacial score (nSPS) is 29.6. The fourth-order valence-electron chi connectivity index (χ4n) is 5.77. The molecule has 1 saturated heterocycles. The molecule has 34 heavy (non-hydrogen) atoms. The maximum Gasteiger partial charge on any atom is 0.290 e. The second-order valence-electron chi connectivity index (χ2n) is 9.53. The third-order valence-electron chi connectivity index (χ3n) is 7.62. The Hall–Kier alpha value is -2.42. The number of nitrogens with zero attached hydrogens (tertiary/aromatic N) is 2. The van der Waals surface area contributed by atoms with Gasteiger partial charge in [-0.1, -0.05) is 12.1 Å². The molecular weight excluding hydrogens is 436 g/mol. The molecule has 0 spiro atoms. The van der Waals surface area contributed by atoms with Gasteiger partial charge in [0, 0.05) is 39.7 Å². The molecule has 3 heterocycles. The van der Waals surface area contributed by atoms with Crippen LogP contribution in [0.4, 0.5) is 0 Å². The summed E-state index contributed by atoms with van der Waals surface area (Å²) in [6.07, 6.45) is 2.77. The van der Waals surface area contributed by atoms with Crippen molar-refractivity contribution in [2.75, 3.05) is 53.6 Å². The van der Waals surface area contributed by atoms with Crippen LogP contribution in [0.1, 0.15) is 37.3 Å². The first-order valence-electron chi connectivity index (χ1n) is 12.3. The maximum atomic E-state index is 13.8. The molecule has 1 aromatic rings. The predicted octanol–water partition coefficient (Wildman–Crippen LogP) is 2.34. The molecule has 8 heteroatoms. The lowest BCUT2D eigenvalue weighted by atomic mass is 9.76. The van der Waals surface area contributed by atoms with Crippen LogP contribution in [0, 0.1) is 5.92 Å². The highest BCUT2D eigenvalue weighted by atomic mass is 16.5. The van der Waals surface area contributed by atoms with Crippen molar-refractivity contribution >= 4 is 11.7 Å². The third-order valence-corrected chi connectivity index (χ3v) is 7.62. The minimum Gasteiger partial charge on any atom is -0.497 e. The molecule has 0 aromatic heterocycles. The van der Waals surface area contributed by atoms with Gasteiger partial charge in [-0.15, -0.1) is 0 Å². The van der Waals surface area contributed by atoms with E-state index in [9.17, 15) is 9.59 Å². The van der Waals surface area contributed by atoms with E-state index in [2.05, 4.69) is 4.90 Å². The molecule has 1 saturated carbocycles. The van der Waals surface area contributed by atoms with E-state index in [1.54, 1.807) is 14.2 Å². The summed E-state index contributed by atoms with van der Waals surface area (Å²) in [6.45, 7) is 4.76. The van der Waals surface area contributed by atoms with E-state index in [1.165, 1.54) is 0 Å². The summed E-state index contributed by atoms with van der Waals surface area (Å²) >= 11 is 0. The number of ketones is 1. The first-order valence-corrected chi connectivity index (χ1v) is 12.3. The van der Waals surface area contributed by atoms with Crippen LogP contribution >= 0.6 is 0 Å². The quantitative estimate of drug-likeness (QED) is 0.605. The lowest BCUT2D eigenvalue weighted by Gasteiger charge is -2.38. The monoisotopic (exact) mass is 470 g/mol. The molecule has 0 bridgehead atoms. The van der Waals surface area contributed by atoms with Crippen LogP contribution in [0.2, 0.25) is 0 Å². The Morgan fingerprint density at radius 3 is 2.68 bits per heavy atom. The van der Waals surface area contributed by atoms with E-state index < -0.39 is 6.04 Å². The second kappa shape index (κ2) is 10.1. The molecule has 3 aliphatic heterocycles. The number of Topliss-reactive ketones (excluding diaryl/α,β-unsaturated/α-hetero) is 1. The molecule has 0 radical (unpaired) electrons. The van der Waals surface area contributed by atoms with Crippen molar-refractivity contribution in [3.05, 3.63) is 41.2 Å². The van der Waals surface area contributed by atoms with Gasteiger partial charge in [-0.3, -0.25) is 14.5 Å². The van der Waals surface area contributed by atoms with Crippen molar-refractivity contribution in [2.24, 2.45) is 5.92 Å². The highest BCUT2D eigenvalue weighted by Crippen LogP contribution is 2.47. The Labute approximate surface area is 200 Å². The van der Waals surface area contributed by atoms with Crippen LogP contribution in [0.5, 0.6) is 5.75 Å². The van der Waals surface area contributed by atoms with Crippen molar-refractivity contribution in [3.63, 3.8) is 0 Å². The Kier molecular flexibility index (Phi) is 6.90. The number of fused-ring (bicyclic) bond motifs is 1. The number of carbonyl (C=O) groups is 2. The summed E-state index contributed by atoms with van der Waals surface area (Å²) in [5, 5.41) is 0. The van der Waals surface area contributed by atoms with Gasteiger partial charge in [0.05, 0.1) is 44.0 Å². The standard InChI is InChI=1S/C26H34N2O6/c1-31-18-6-3-5-17(15-18)23-22-24(29)20-8-7-19(32-2)16-21(20)34-25(22)26(30)28(23)10-4-9-27-11-13-33-14-12-27/h3,5-6,15,19-21,23H,4,7-14,16H2,1-2H3. The van der Waals surface area contributed by atoms with E-state index >= 15 is 0 Å². The van der Waals surface area contributed by atoms with E-state index in [1.807, 2.05) is 29.2 Å². The fraction of sp³-hybridized carbons (Fsp3) is 0.615. The molecular formula is C26H34N2O6. The Bertz CT molecular complexity index is 956. The van der Waals surface area contributed by atoms with Gasteiger partial charge >= 0.3 is 0 Å². The number of benzene rings is 1. The Morgan fingerprint density at radius 1 is 1.09 bits per heavy atom. The van der Waals surface area contributed by atoms with Crippen LogP contribution in [-0.2, 0) is 23.8 Å². The molecule has 8 nitrogen and oxygen atoms in total. The Morgan fingerprint density at radius 2 is 1.91 bits per heavy atom. The van der Waals surface area contributed by atoms with Gasteiger partial charge in [0.25, 0.3) is 5.91 Å². The smallest absolute Gasteiger partial charge is 0.290 e. The molecule has 2 fully saturated rings. The first kappa shape index (κ1) is 23.3. The van der Waals surface area contributed by atoms with Crippen LogP contribution in [0.15, 0.2) is 35.6 Å². The number of hydrogen-bond acceptors (Lipinski definition) is 7. The van der Waals surface area contributed by atoms with Gasteiger partial charge in [-0.2, -0.15) is 0 Å².